The van der Waals surface area contributed by atoms with Crippen molar-refractivity contribution in [1.82, 2.24) is 4.98 Å². The summed E-state index contributed by atoms with van der Waals surface area (Å²) in [4.78, 5) is 15.4. The number of hydrogen-bond acceptors (Lipinski definition) is 5. The fourth-order valence-electron chi connectivity index (χ4n) is 1.36. The fraction of sp³-hybridized carbons (Fsp3) is 0.636. The van der Waals surface area contributed by atoms with Gasteiger partial charge < -0.3 is 10.2 Å². The van der Waals surface area contributed by atoms with Gasteiger partial charge in [-0.1, -0.05) is 24.6 Å². The van der Waals surface area contributed by atoms with E-state index < -0.39 is 5.97 Å². The Hall–Kier alpha value is -0.590. The number of thioether (sulfide) groups is 1. The highest BCUT2D eigenvalue weighted by atomic mass is 32.2. The van der Waals surface area contributed by atoms with Crippen LogP contribution in [0.3, 0.4) is 0 Å². The lowest BCUT2D eigenvalue weighted by Crippen LogP contribution is -1.94. The van der Waals surface area contributed by atoms with E-state index in [1.165, 1.54) is 11.3 Å². The highest BCUT2D eigenvalue weighted by Gasteiger charge is 2.13. The first-order chi connectivity index (χ1) is 8.15. The molecule has 0 amide bonds. The van der Waals surface area contributed by atoms with Gasteiger partial charge in [0.15, 0.2) is 4.34 Å². The number of aromatic carboxylic acids is 1. The van der Waals surface area contributed by atoms with Gasteiger partial charge in [0.25, 0.3) is 0 Å². The van der Waals surface area contributed by atoms with E-state index in [-0.39, 0.29) is 6.61 Å². The molecular formula is C11H17NO3S2. The molecular weight excluding hydrogens is 258 g/mol. The molecule has 0 bridgehead atoms. The minimum absolute atomic E-state index is 0.265. The van der Waals surface area contributed by atoms with Gasteiger partial charge in [-0.25, -0.2) is 9.78 Å². The lowest BCUT2D eigenvalue weighted by molar-refractivity contribution is 0.0701. The smallest absolute Gasteiger partial charge is 0.347 e. The highest BCUT2D eigenvalue weighted by molar-refractivity contribution is 8.01. The SMILES string of the molecule is Cc1nc(SCCCCCCO)sc1C(=O)O. The number of carboxylic acids is 1. The maximum Gasteiger partial charge on any atom is 0.347 e. The zero-order valence-electron chi connectivity index (χ0n) is 9.81. The number of unbranched alkanes of at least 4 members (excludes halogenated alkanes) is 3. The molecule has 1 aromatic heterocycles. The Kier molecular flexibility index (Phi) is 6.54. The number of thiazole rings is 1. The molecule has 1 heterocycles. The lowest BCUT2D eigenvalue weighted by atomic mass is 10.2. The first-order valence-corrected chi connectivity index (χ1v) is 7.39. The molecule has 1 aromatic rings. The molecule has 0 aromatic carbocycles. The molecule has 4 nitrogen and oxygen atoms in total. The molecule has 0 aliphatic heterocycles. The Balaban J connectivity index is 2.27. The van der Waals surface area contributed by atoms with Crippen molar-refractivity contribution in [3.05, 3.63) is 10.6 Å². The van der Waals surface area contributed by atoms with Gasteiger partial charge in [-0.3, -0.25) is 0 Å². The van der Waals surface area contributed by atoms with Gasteiger partial charge in [0, 0.05) is 12.4 Å². The van der Waals surface area contributed by atoms with Crippen molar-refractivity contribution in [1.29, 1.82) is 0 Å². The Labute approximate surface area is 109 Å². The molecule has 17 heavy (non-hydrogen) atoms. The van der Waals surface area contributed by atoms with E-state index in [9.17, 15) is 4.79 Å². The number of rotatable bonds is 8. The summed E-state index contributed by atoms with van der Waals surface area (Å²) in [5, 5.41) is 17.5. The standard InChI is InChI=1S/C11H17NO3S2/c1-8-9(10(14)15)17-11(12-8)16-7-5-3-2-4-6-13/h13H,2-7H2,1H3,(H,14,15). The van der Waals surface area contributed by atoms with E-state index in [4.69, 9.17) is 10.2 Å². The van der Waals surface area contributed by atoms with E-state index in [1.807, 2.05) is 0 Å². The second-order valence-electron chi connectivity index (χ2n) is 3.69. The quantitative estimate of drug-likeness (QED) is 0.564. The van der Waals surface area contributed by atoms with Gasteiger partial charge in [0.1, 0.15) is 4.88 Å². The van der Waals surface area contributed by atoms with Crippen LogP contribution in [0.4, 0.5) is 0 Å². The van der Waals surface area contributed by atoms with Crippen LogP contribution in [0.25, 0.3) is 0 Å². The Morgan fingerprint density at radius 1 is 1.35 bits per heavy atom. The molecule has 0 unspecified atom stereocenters. The third-order valence-corrected chi connectivity index (χ3v) is 4.62. The van der Waals surface area contributed by atoms with E-state index >= 15 is 0 Å². The number of aliphatic hydroxyl groups excluding tert-OH is 1. The number of carboxylic acid groups (broad SMARTS) is 1. The first-order valence-electron chi connectivity index (χ1n) is 5.59. The van der Waals surface area contributed by atoms with Crippen molar-refractivity contribution in [2.45, 2.75) is 36.9 Å². The molecule has 0 atom stereocenters. The van der Waals surface area contributed by atoms with Gasteiger partial charge in [0.05, 0.1) is 5.69 Å². The average molecular weight is 275 g/mol. The van der Waals surface area contributed by atoms with Gasteiger partial charge >= 0.3 is 5.97 Å². The molecule has 96 valence electrons. The van der Waals surface area contributed by atoms with Gasteiger partial charge in [-0.15, -0.1) is 11.3 Å². The molecule has 6 heteroatoms. The number of nitrogens with zero attached hydrogens (tertiary/aromatic N) is 1. The summed E-state index contributed by atoms with van der Waals surface area (Å²) in [5.74, 6) is 0.0621. The number of carbonyl (C=O) groups is 1. The second kappa shape index (κ2) is 7.68. The van der Waals surface area contributed by atoms with Gasteiger partial charge in [0.2, 0.25) is 0 Å². The van der Waals surface area contributed by atoms with Gasteiger partial charge in [-0.05, 0) is 19.8 Å². The molecule has 0 fully saturated rings. The lowest BCUT2D eigenvalue weighted by Gasteiger charge is -1.98. The van der Waals surface area contributed by atoms with Crippen molar-refractivity contribution >= 4 is 29.1 Å². The zero-order valence-corrected chi connectivity index (χ0v) is 11.4. The third kappa shape index (κ3) is 5.06. The normalized spacial score (nSPS) is 10.7. The Bertz CT molecular complexity index is 366. The van der Waals surface area contributed by atoms with Crippen LogP contribution in [0, 0.1) is 6.92 Å². The molecule has 0 aliphatic rings. The van der Waals surface area contributed by atoms with Crippen molar-refractivity contribution in [2.75, 3.05) is 12.4 Å². The van der Waals surface area contributed by atoms with E-state index in [1.54, 1.807) is 18.7 Å². The van der Waals surface area contributed by atoms with Crippen LogP contribution in [0.5, 0.6) is 0 Å². The Morgan fingerprint density at radius 2 is 2.06 bits per heavy atom. The molecule has 0 saturated heterocycles. The summed E-state index contributed by atoms with van der Waals surface area (Å²) >= 11 is 2.86. The molecule has 0 aliphatic carbocycles. The van der Waals surface area contributed by atoms with Crippen LogP contribution in [-0.4, -0.2) is 33.5 Å². The van der Waals surface area contributed by atoms with E-state index in [2.05, 4.69) is 4.98 Å². The molecule has 0 spiro atoms. The number of aliphatic hydroxyl groups is 1. The summed E-state index contributed by atoms with van der Waals surface area (Å²) in [6, 6.07) is 0. The fourth-order valence-corrected chi connectivity index (χ4v) is 3.46. The molecule has 2 N–H and O–H groups in total. The maximum absolute atomic E-state index is 10.8. The maximum atomic E-state index is 10.8. The van der Waals surface area contributed by atoms with Gasteiger partial charge in [-0.2, -0.15) is 0 Å². The number of aromatic nitrogens is 1. The summed E-state index contributed by atoms with van der Waals surface area (Å²) in [5.41, 5.74) is 0.602. The van der Waals surface area contributed by atoms with Crippen LogP contribution in [0.2, 0.25) is 0 Å². The summed E-state index contributed by atoms with van der Waals surface area (Å²) in [7, 11) is 0. The summed E-state index contributed by atoms with van der Waals surface area (Å²) < 4.78 is 0.835. The predicted octanol–water partition coefficient (Wildman–Crippen LogP) is 2.79. The van der Waals surface area contributed by atoms with E-state index in [0.29, 0.717) is 10.6 Å². The minimum Gasteiger partial charge on any atom is -0.477 e. The molecule has 0 saturated carbocycles. The minimum atomic E-state index is -0.894. The topological polar surface area (TPSA) is 70.4 Å². The van der Waals surface area contributed by atoms with Crippen LogP contribution in [-0.2, 0) is 0 Å². The predicted molar refractivity (Wildman–Crippen MR) is 70.1 cm³/mol. The van der Waals surface area contributed by atoms with Crippen LogP contribution >= 0.6 is 23.1 Å². The number of aryl methyl sites for hydroxylation is 1. The second-order valence-corrected chi connectivity index (χ2v) is 6.03. The van der Waals surface area contributed by atoms with Crippen LogP contribution in [0.1, 0.15) is 41.0 Å². The molecule has 1 rings (SSSR count). The summed E-state index contributed by atoms with van der Waals surface area (Å²) in [6.45, 7) is 1.99. The Morgan fingerprint density at radius 3 is 2.65 bits per heavy atom. The van der Waals surface area contributed by atoms with Crippen molar-refractivity contribution in [3.8, 4) is 0 Å². The van der Waals surface area contributed by atoms with Crippen molar-refractivity contribution in [3.63, 3.8) is 0 Å². The van der Waals surface area contributed by atoms with Crippen LogP contribution in [0.15, 0.2) is 4.34 Å². The van der Waals surface area contributed by atoms with Crippen molar-refractivity contribution < 1.29 is 15.0 Å². The monoisotopic (exact) mass is 275 g/mol. The first kappa shape index (κ1) is 14.5. The highest BCUT2D eigenvalue weighted by Crippen LogP contribution is 2.27. The molecule has 0 radical (unpaired) electrons. The zero-order chi connectivity index (χ0) is 12.7. The van der Waals surface area contributed by atoms with Crippen molar-refractivity contribution in [2.24, 2.45) is 0 Å². The van der Waals surface area contributed by atoms with E-state index in [0.717, 1.165) is 35.8 Å². The van der Waals surface area contributed by atoms with Crippen LogP contribution < -0.4 is 0 Å². The largest absolute Gasteiger partial charge is 0.477 e. The third-order valence-electron chi connectivity index (χ3n) is 2.25. The number of hydrogen-bond donors (Lipinski definition) is 2. The summed E-state index contributed by atoms with van der Waals surface area (Å²) in [6.07, 6.45) is 4.09. The average Bonchev–Trinajstić information content (AvgIpc) is 2.65.